The van der Waals surface area contributed by atoms with Crippen LogP contribution in [0.25, 0.3) is 0 Å². The molecule has 6 heteroatoms. The van der Waals surface area contributed by atoms with Crippen LogP contribution in [0.5, 0.6) is 0 Å². The highest BCUT2D eigenvalue weighted by molar-refractivity contribution is 7.92. The van der Waals surface area contributed by atoms with Crippen molar-refractivity contribution in [2.75, 3.05) is 16.8 Å². The van der Waals surface area contributed by atoms with Crippen LogP contribution in [0.1, 0.15) is 12.5 Å². The second-order valence-corrected chi connectivity index (χ2v) is 6.56. The molecule has 1 aromatic rings. The van der Waals surface area contributed by atoms with Gasteiger partial charge in [0.15, 0.2) is 9.84 Å². The molecule has 0 heterocycles. The third-order valence-electron chi connectivity index (χ3n) is 2.17. The molecule has 1 amide bonds. The van der Waals surface area contributed by atoms with E-state index in [1.165, 1.54) is 0 Å². The monoisotopic (exact) mass is 270 g/mol. The maximum atomic E-state index is 11.6. The molecule has 1 aromatic carbocycles. The van der Waals surface area contributed by atoms with Crippen LogP contribution < -0.4 is 11.1 Å². The standard InChI is InChI=1S/C12H18N2O3S/c1-9-4-3-5-11(6-9)14-12(15)8-18(16,17)7-10(2)13/h3-6,10H,7-8,13H2,1-2H3,(H,14,15). The lowest BCUT2D eigenvalue weighted by molar-refractivity contribution is -0.113. The van der Waals surface area contributed by atoms with Gasteiger partial charge in [-0.1, -0.05) is 12.1 Å². The summed E-state index contributed by atoms with van der Waals surface area (Å²) in [5.41, 5.74) is 7.00. The summed E-state index contributed by atoms with van der Waals surface area (Å²) in [6.07, 6.45) is 0. The molecule has 0 fully saturated rings. The smallest absolute Gasteiger partial charge is 0.239 e. The molecule has 0 saturated carbocycles. The Kier molecular flexibility index (Phi) is 4.86. The van der Waals surface area contributed by atoms with Crippen LogP contribution >= 0.6 is 0 Å². The van der Waals surface area contributed by atoms with E-state index in [1.54, 1.807) is 25.1 Å². The zero-order valence-electron chi connectivity index (χ0n) is 10.5. The van der Waals surface area contributed by atoms with Crippen molar-refractivity contribution in [3.05, 3.63) is 29.8 Å². The molecule has 5 nitrogen and oxygen atoms in total. The number of hydrogen-bond acceptors (Lipinski definition) is 4. The van der Waals surface area contributed by atoms with E-state index in [2.05, 4.69) is 5.32 Å². The Labute approximate surface area is 107 Å². The molecule has 0 bridgehead atoms. The highest BCUT2D eigenvalue weighted by Crippen LogP contribution is 2.09. The van der Waals surface area contributed by atoms with Gasteiger partial charge in [-0.2, -0.15) is 0 Å². The lowest BCUT2D eigenvalue weighted by Crippen LogP contribution is -2.32. The summed E-state index contributed by atoms with van der Waals surface area (Å²) in [6, 6.07) is 6.70. The number of carbonyl (C=O) groups excluding carboxylic acids is 1. The van der Waals surface area contributed by atoms with Crippen LogP contribution in [0, 0.1) is 6.92 Å². The van der Waals surface area contributed by atoms with E-state index in [0.29, 0.717) is 5.69 Å². The number of sulfone groups is 1. The maximum absolute atomic E-state index is 11.6. The predicted molar refractivity (Wildman–Crippen MR) is 72.1 cm³/mol. The Bertz CT molecular complexity index is 524. The number of amides is 1. The molecule has 0 radical (unpaired) electrons. The first-order chi connectivity index (χ1) is 8.28. The Morgan fingerprint density at radius 1 is 1.44 bits per heavy atom. The third-order valence-corrected chi connectivity index (χ3v) is 3.91. The molecule has 0 aliphatic carbocycles. The second kappa shape index (κ2) is 5.97. The normalized spacial score (nSPS) is 13.1. The topological polar surface area (TPSA) is 89.3 Å². The van der Waals surface area contributed by atoms with Crippen LogP contribution in [0.3, 0.4) is 0 Å². The van der Waals surface area contributed by atoms with E-state index in [1.807, 2.05) is 13.0 Å². The van der Waals surface area contributed by atoms with Gasteiger partial charge in [-0.15, -0.1) is 0 Å². The van der Waals surface area contributed by atoms with Gasteiger partial charge in [0.25, 0.3) is 0 Å². The molecule has 0 aliphatic rings. The Hall–Kier alpha value is -1.40. The van der Waals surface area contributed by atoms with Crippen molar-refractivity contribution in [1.82, 2.24) is 0 Å². The van der Waals surface area contributed by atoms with Crippen molar-refractivity contribution < 1.29 is 13.2 Å². The van der Waals surface area contributed by atoms with Crippen LogP contribution in [0.15, 0.2) is 24.3 Å². The number of carbonyl (C=O) groups is 1. The number of nitrogens with two attached hydrogens (primary N) is 1. The molecule has 0 aromatic heterocycles. The highest BCUT2D eigenvalue weighted by atomic mass is 32.2. The second-order valence-electron chi connectivity index (χ2n) is 4.45. The van der Waals surface area contributed by atoms with Crippen molar-refractivity contribution >= 4 is 21.4 Å². The molecule has 0 spiro atoms. The summed E-state index contributed by atoms with van der Waals surface area (Å²) >= 11 is 0. The van der Waals surface area contributed by atoms with Gasteiger partial charge in [-0.3, -0.25) is 4.79 Å². The van der Waals surface area contributed by atoms with Crippen molar-refractivity contribution in [1.29, 1.82) is 0 Å². The minimum atomic E-state index is -3.45. The van der Waals surface area contributed by atoms with Crippen LogP contribution in [-0.2, 0) is 14.6 Å². The Balaban J connectivity index is 2.62. The number of benzene rings is 1. The zero-order valence-corrected chi connectivity index (χ0v) is 11.3. The average Bonchev–Trinajstić information content (AvgIpc) is 2.13. The highest BCUT2D eigenvalue weighted by Gasteiger charge is 2.18. The molecule has 0 saturated heterocycles. The lowest BCUT2D eigenvalue weighted by Gasteiger charge is -2.08. The summed E-state index contributed by atoms with van der Waals surface area (Å²) in [5, 5.41) is 2.55. The minimum absolute atomic E-state index is 0.186. The molecule has 100 valence electrons. The predicted octanol–water partition coefficient (Wildman–Crippen LogP) is 0.696. The quantitative estimate of drug-likeness (QED) is 0.824. The number of nitrogens with one attached hydrogen (secondary N) is 1. The average molecular weight is 270 g/mol. The van der Waals surface area contributed by atoms with Gasteiger partial charge in [0.2, 0.25) is 5.91 Å². The first-order valence-corrected chi connectivity index (χ1v) is 7.43. The van der Waals surface area contributed by atoms with Crippen LogP contribution in [0.2, 0.25) is 0 Å². The number of anilines is 1. The third kappa shape index (κ3) is 5.29. The van der Waals surface area contributed by atoms with Gasteiger partial charge in [-0.05, 0) is 31.5 Å². The van der Waals surface area contributed by atoms with Gasteiger partial charge >= 0.3 is 0 Å². The fourth-order valence-corrected chi connectivity index (χ4v) is 2.97. The zero-order chi connectivity index (χ0) is 13.8. The van der Waals surface area contributed by atoms with Gasteiger partial charge < -0.3 is 11.1 Å². The summed E-state index contributed by atoms with van der Waals surface area (Å²) in [6.45, 7) is 3.48. The van der Waals surface area contributed by atoms with Crippen molar-refractivity contribution in [2.45, 2.75) is 19.9 Å². The summed E-state index contributed by atoms with van der Waals surface area (Å²) < 4.78 is 23.1. The first-order valence-electron chi connectivity index (χ1n) is 5.61. The number of aryl methyl sites for hydroxylation is 1. The van der Waals surface area contributed by atoms with Gasteiger partial charge in [0, 0.05) is 11.7 Å². The summed E-state index contributed by atoms with van der Waals surface area (Å²) in [4.78, 5) is 11.6. The van der Waals surface area contributed by atoms with E-state index in [-0.39, 0.29) is 5.75 Å². The molecular formula is C12H18N2O3S. The van der Waals surface area contributed by atoms with Crippen LogP contribution in [-0.4, -0.2) is 31.9 Å². The summed E-state index contributed by atoms with van der Waals surface area (Å²) in [7, 11) is -3.45. The van der Waals surface area contributed by atoms with Gasteiger partial charge in [0.1, 0.15) is 5.75 Å². The van der Waals surface area contributed by atoms with E-state index in [9.17, 15) is 13.2 Å². The van der Waals surface area contributed by atoms with Gasteiger partial charge in [-0.25, -0.2) is 8.42 Å². The molecular weight excluding hydrogens is 252 g/mol. The van der Waals surface area contributed by atoms with Crippen molar-refractivity contribution in [3.8, 4) is 0 Å². The van der Waals surface area contributed by atoms with Crippen LogP contribution in [0.4, 0.5) is 5.69 Å². The molecule has 1 rings (SSSR count). The minimum Gasteiger partial charge on any atom is -0.327 e. The largest absolute Gasteiger partial charge is 0.327 e. The molecule has 0 aliphatic heterocycles. The number of rotatable bonds is 5. The fraction of sp³-hybridized carbons (Fsp3) is 0.417. The Morgan fingerprint density at radius 3 is 2.67 bits per heavy atom. The van der Waals surface area contributed by atoms with E-state index >= 15 is 0 Å². The first kappa shape index (κ1) is 14.7. The van der Waals surface area contributed by atoms with Gasteiger partial charge in [0.05, 0.1) is 5.75 Å². The lowest BCUT2D eigenvalue weighted by atomic mass is 10.2. The molecule has 1 unspecified atom stereocenters. The Morgan fingerprint density at radius 2 is 2.11 bits per heavy atom. The van der Waals surface area contributed by atoms with Crippen molar-refractivity contribution in [3.63, 3.8) is 0 Å². The van der Waals surface area contributed by atoms with E-state index < -0.39 is 27.5 Å². The number of hydrogen-bond donors (Lipinski definition) is 2. The fourth-order valence-electron chi connectivity index (χ4n) is 1.58. The molecule has 18 heavy (non-hydrogen) atoms. The van der Waals surface area contributed by atoms with E-state index in [4.69, 9.17) is 5.73 Å². The van der Waals surface area contributed by atoms with Crippen molar-refractivity contribution in [2.24, 2.45) is 5.73 Å². The summed E-state index contributed by atoms with van der Waals surface area (Å²) in [5.74, 6) is -1.27. The van der Waals surface area contributed by atoms with E-state index in [0.717, 1.165) is 5.56 Å². The maximum Gasteiger partial charge on any atom is 0.239 e. The molecule has 3 N–H and O–H groups in total. The molecule has 1 atom stereocenters. The SMILES string of the molecule is Cc1cccc(NC(=O)CS(=O)(=O)CC(C)N)c1.